The molecule has 0 saturated carbocycles. The second-order valence-corrected chi connectivity index (χ2v) is 7.85. The molecule has 2 heterocycles. The number of pyridine rings is 1. The molecule has 0 unspecified atom stereocenters. The number of primary amides is 2. The van der Waals surface area contributed by atoms with Crippen LogP contribution in [0.25, 0.3) is 22.0 Å². The molecule has 2 aromatic heterocycles. The van der Waals surface area contributed by atoms with E-state index in [9.17, 15) is 22.8 Å². The minimum atomic E-state index is -4.90. The number of amides is 2. The molecule has 4 rings (SSSR count). The number of hydrogen-bond acceptors (Lipinski definition) is 4. The number of carbonyl (C=O) groups is 2. The Kier molecular flexibility index (Phi) is 5.60. The average molecular weight is 467 g/mol. The van der Waals surface area contributed by atoms with Crippen LogP contribution in [0, 0.1) is 13.8 Å². The first-order valence-corrected chi connectivity index (χ1v) is 10.2. The maximum absolute atomic E-state index is 14.2. The number of halogens is 3. The monoisotopic (exact) mass is 467 g/mol. The third-order valence-corrected chi connectivity index (χ3v) is 5.68. The molecule has 0 aliphatic heterocycles. The van der Waals surface area contributed by atoms with E-state index in [0.29, 0.717) is 0 Å². The van der Waals surface area contributed by atoms with Gasteiger partial charge in [0, 0.05) is 22.2 Å². The Morgan fingerprint density at radius 1 is 0.941 bits per heavy atom. The summed E-state index contributed by atoms with van der Waals surface area (Å²) in [6.45, 7) is 3.31. The van der Waals surface area contributed by atoms with Gasteiger partial charge < -0.3 is 11.5 Å². The van der Waals surface area contributed by atoms with E-state index in [4.69, 9.17) is 11.5 Å². The third kappa shape index (κ3) is 3.87. The van der Waals surface area contributed by atoms with Gasteiger partial charge in [0.25, 0.3) is 5.91 Å². The first-order valence-electron chi connectivity index (χ1n) is 10.2. The molecule has 0 atom stereocenters. The molecule has 34 heavy (non-hydrogen) atoms. The van der Waals surface area contributed by atoms with Gasteiger partial charge in [-0.1, -0.05) is 42.5 Å². The molecule has 4 aromatic rings. The summed E-state index contributed by atoms with van der Waals surface area (Å²) in [7, 11) is 0. The number of rotatable bonds is 5. The number of alkyl halides is 3. The van der Waals surface area contributed by atoms with Crippen molar-refractivity contribution in [2.24, 2.45) is 11.5 Å². The van der Waals surface area contributed by atoms with Crippen molar-refractivity contribution in [2.75, 3.05) is 0 Å². The largest absolute Gasteiger partial charge is 0.435 e. The maximum atomic E-state index is 14.2. The lowest BCUT2D eigenvalue weighted by atomic mass is 9.92. The summed E-state index contributed by atoms with van der Waals surface area (Å²) in [4.78, 5) is 29.0. The average Bonchev–Trinajstić information content (AvgIpc) is 3.10. The summed E-state index contributed by atoms with van der Waals surface area (Å²) in [5.74, 6) is -2.11. The summed E-state index contributed by atoms with van der Waals surface area (Å²) in [5, 5.41) is 4.04. The molecule has 2 amide bonds. The first-order chi connectivity index (χ1) is 16.0. The van der Waals surface area contributed by atoms with Crippen LogP contribution in [0.2, 0.25) is 0 Å². The van der Waals surface area contributed by atoms with Gasteiger partial charge in [-0.05, 0) is 31.0 Å². The van der Waals surface area contributed by atoms with Crippen LogP contribution in [0.5, 0.6) is 0 Å². The van der Waals surface area contributed by atoms with Crippen molar-refractivity contribution in [1.29, 1.82) is 0 Å². The molecular formula is C24H20F3N5O2. The Balaban J connectivity index is 2.11. The van der Waals surface area contributed by atoms with Gasteiger partial charge in [0.15, 0.2) is 5.69 Å². The van der Waals surface area contributed by atoms with E-state index in [0.717, 1.165) is 11.1 Å². The van der Waals surface area contributed by atoms with E-state index < -0.39 is 34.9 Å². The zero-order valence-corrected chi connectivity index (χ0v) is 18.3. The number of hydrogen-bond donors (Lipinski definition) is 2. The molecule has 0 fully saturated rings. The lowest BCUT2D eigenvalue weighted by molar-refractivity contribution is -0.141. The van der Waals surface area contributed by atoms with Crippen molar-refractivity contribution in [3.05, 3.63) is 82.3 Å². The van der Waals surface area contributed by atoms with E-state index in [2.05, 4.69) is 10.1 Å². The molecular weight excluding hydrogens is 447 g/mol. The SMILES string of the molecule is Cc1ccccc1Cn1nc(C(F)(F)F)c(-c2c(C(N)=O)nc3ccccc3c2C(N)=O)c1C. The Morgan fingerprint density at radius 3 is 2.21 bits per heavy atom. The van der Waals surface area contributed by atoms with Crippen LogP contribution in [0.3, 0.4) is 0 Å². The van der Waals surface area contributed by atoms with Crippen LogP contribution < -0.4 is 11.5 Å². The number of fused-ring (bicyclic) bond motifs is 1. The minimum Gasteiger partial charge on any atom is -0.366 e. The van der Waals surface area contributed by atoms with Crippen LogP contribution in [0.15, 0.2) is 48.5 Å². The second kappa shape index (κ2) is 8.29. The van der Waals surface area contributed by atoms with Crippen LogP contribution in [0.4, 0.5) is 13.2 Å². The number of carbonyl (C=O) groups excluding carboxylic acids is 2. The number of aromatic nitrogens is 3. The van der Waals surface area contributed by atoms with Gasteiger partial charge >= 0.3 is 6.18 Å². The van der Waals surface area contributed by atoms with Crippen molar-refractivity contribution in [3.8, 4) is 11.1 Å². The van der Waals surface area contributed by atoms with Crippen molar-refractivity contribution in [2.45, 2.75) is 26.6 Å². The standard InChI is InChI=1S/C24H20F3N5O2/c1-12-7-3-4-8-14(12)11-32-13(2)17(21(31-32)24(25,26)27)19-18(22(28)33)15-9-5-6-10-16(15)30-20(19)23(29)34/h3-10H,11H2,1-2H3,(H2,28,33)(H2,29,34). The first kappa shape index (κ1) is 23.0. The van der Waals surface area contributed by atoms with Crippen LogP contribution in [-0.4, -0.2) is 26.6 Å². The third-order valence-electron chi connectivity index (χ3n) is 5.68. The van der Waals surface area contributed by atoms with Crippen LogP contribution in [-0.2, 0) is 12.7 Å². The van der Waals surface area contributed by atoms with Gasteiger partial charge in [-0.25, -0.2) is 4.98 Å². The van der Waals surface area contributed by atoms with E-state index in [1.54, 1.807) is 24.3 Å². The van der Waals surface area contributed by atoms with Gasteiger partial charge in [0.1, 0.15) is 5.69 Å². The van der Waals surface area contributed by atoms with Gasteiger partial charge in [0.2, 0.25) is 5.91 Å². The molecule has 2 aromatic carbocycles. The number of benzene rings is 2. The highest BCUT2D eigenvalue weighted by Gasteiger charge is 2.41. The minimum absolute atomic E-state index is 0.0421. The molecule has 4 N–H and O–H groups in total. The lowest BCUT2D eigenvalue weighted by Crippen LogP contribution is -2.21. The zero-order valence-electron chi connectivity index (χ0n) is 18.3. The van der Waals surface area contributed by atoms with E-state index >= 15 is 0 Å². The van der Waals surface area contributed by atoms with E-state index in [1.807, 2.05) is 19.1 Å². The van der Waals surface area contributed by atoms with Crippen molar-refractivity contribution < 1.29 is 22.8 Å². The fourth-order valence-corrected chi connectivity index (χ4v) is 4.04. The Bertz CT molecular complexity index is 1460. The van der Waals surface area contributed by atoms with Gasteiger partial charge in [-0.3, -0.25) is 14.3 Å². The molecule has 0 spiro atoms. The summed E-state index contributed by atoms with van der Waals surface area (Å²) in [6.07, 6.45) is -4.90. The quantitative estimate of drug-likeness (QED) is 0.462. The van der Waals surface area contributed by atoms with Crippen LogP contribution in [0.1, 0.15) is 43.4 Å². The lowest BCUT2D eigenvalue weighted by Gasteiger charge is -2.16. The highest BCUT2D eigenvalue weighted by atomic mass is 19.4. The highest BCUT2D eigenvalue weighted by molar-refractivity contribution is 6.15. The number of aryl methyl sites for hydroxylation is 1. The summed E-state index contributed by atoms with van der Waals surface area (Å²) in [5.41, 5.74) is 10.2. The predicted octanol–water partition coefficient (Wildman–Crippen LogP) is 3.98. The number of para-hydroxylation sites is 1. The topological polar surface area (TPSA) is 117 Å². The number of nitrogens with two attached hydrogens (primary N) is 2. The molecule has 0 aliphatic carbocycles. The van der Waals surface area contributed by atoms with E-state index in [1.165, 1.54) is 23.7 Å². The molecule has 174 valence electrons. The predicted molar refractivity (Wildman–Crippen MR) is 120 cm³/mol. The normalized spacial score (nSPS) is 11.7. The smallest absolute Gasteiger partial charge is 0.366 e. The second-order valence-electron chi connectivity index (χ2n) is 7.85. The Hall–Kier alpha value is -4.21. The fraction of sp³-hybridized carbons (Fsp3) is 0.167. The van der Waals surface area contributed by atoms with E-state index in [-0.39, 0.29) is 34.3 Å². The molecule has 10 heteroatoms. The van der Waals surface area contributed by atoms with Crippen molar-refractivity contribution in [3.63, 3.8) is 0 Å². The molecule has 0 radical (unpaired) electrons. The van der Waals surface area contributed by atoms with Gasteiger partial charge in [-0.15, -0.1) is 0 Å². The fourth-order valence-electron chi connectivity index (χ4n) is 4.04. The van der Waals surface area contributed by atoms with Crippen molar-refractivity contribution >= 4 is 22.7 Å². The number of nitrogens with zero attached hydrogens (tertiary/aromatic N) is 3. The summed E-state index contributed by atoms with van der Waals surface area (Å²) in [6, 6.07) is 13.4. The maximum Gasteiger partial charge on any atom is 0.435 e. The Morgan fingerprint density at radius 2 is 1.59 bits per heavy atom. The molecule has 0 saturated heterocycles. The highest BCUT2D eigenvalue weighted by Crippen LogP contribution is 2.42. The molecule has 0 bridgehead atoms. The molecule has 0 aliphatic rings. The molecule has 7 nitrogen and oxygen atoms in total. The zero-order chi connectivity index (χ0) is 24.8. The summed E-state index contributed by atoms with van der Waals surface area (Å²) < 4.78 is 43.8. The van der Waals surface area contributed by atoms with Crippen molar-refractivity contribution in [1.82, 2.24) is 14.8 Å². The summed E-state index contributed by atoms with van der Waals surface area (Å²) >= 11 is 0. The Labute approximate surface area is 192 Å². The van der Waals surface area contributed by atoms with Gasteiger partial charge in [-0.2, -0.15) is 18.3 Å². The van der Waals surface area contributed by atoms with Gasteiger partial charge in [0.05, 0.1) is 17.6 Å². The van der Waals surface area contributed by atoms with Crippen LogP contribution >= 0.6 is 0 Å².